The molecule has 37 heteroatoms. The Balaban J connectivity index is 1.17. The number of nitrogens with one attached hydrogen (secondary N) is 8. The number of carboxylic acids is 1. The summed E-state index contributed by atoms with van der Waals surface area (Å²) in [5, 5.41) is 127. The molecule has 632 valence electrons. The number of unbranched alkanes of at least 4 members (excludes halogenated alkanes) is 7. The summed E-state index contributed by atoms with van der Waals surface area (Å²) in [6, 6.07) is -0.972. The maximum atomic E-state index is 16.3. The van der Waals surface area contributed by atoms with Crippen molar-refractivity contribution in [2.24, 2.45) is 23.1 Å². The number of amides is 7. The molecule has 5 aromatic rings. The molecule has 34 nitrogen and oxygen atoms in total. The molecule has 0 radical (unpaired) electrons. The number of thioether (sulfide) groups is 1. The van der Waals surface area contributed by atoms with Gasteiger partial charge in [0, 0.05) is 54.0 Å². The van der Waals surface area contributed by atoms with Crippen LogP contribution in [0.15, 0.2) is 72.8 Å². The van der Waals surface area contributed by atoms with E-state index in [2.05, 4.69) is 49.5 Å². The SMILES string of the molecule is CCCCCCCCCCSCCNCc1c(O)cc2c(c1O)-c1cc(ccc1O)[C@H]1NC(=O)[C@@H]3NC(=O)[C@H](CC(N)=O)NC(=O)[C@H](NC(=O)[C@@H](CC(C)C)NC)[C@H](O)c4ccc(c(Cl)c4)Oc4cc3cc(c4O[C@@H]3O[C@H](CN)[C@@H](O)[C@H](O)[C@H]3O[C@H]3C[C@](C)(N)[C@H](O)[C@H](C)O3)Oc3ccc(cc3Cl)[C@@H](O)[C@H](NC1=O)C(=O)N[C@@H]2C(=O)O. The zero-order valence-corrected chi connectivity index (χ0v) is 67.1. The fraction of sp³-hybridized carbons (Fsp3) is 0.519. The summed E-state index contributed by atoms with van der Waals surface area (Å²) in [4.78, 5) is 119. The van der Waals surface area contributed by atoms with Crippen LogP contribution in [0.25, 0.3) is 11.1 Å². The van der Waals surface area contributed by atoms with Gasteiger partial charge in [0.05, 0.1) is 40.3 Å². The summed E-state index contributed by atoms with van der Waals surface area (Å²) in [5.74, 6) is -14.1. The monoisotopic (exact) mass is 1680 g/mol. The first-order chi connectivity index (χ1) is 55.1. The van der Waals surface area contributed by atoms with Gasteiger partial charge in [-0.15, -0.1) is 0 Å². The minimum atomic E-state index is -2.34. The van der Waals surface area contributed by atoms with Crippen molar-refractivity contribution in [3.8, 4) is 57.1 Å². The summed E-state index contributed by atoms with van der Waals surface area (Å²) in [6.07, 6.45) is -8.77. The Morgan fingerprint density at radius 1 is 0.707 bits per heavy atom. The molecule has 11 bridgehead atoms. The Morgan fingerprint density at radius 2 is 1.32 bits per heavy atom. The van der Waals surface area contributed by atoms with Gasteiger partial charge < -0.3 is 134 Å². The number of nitrogens with two attached hydrogens (primary N) is 3. The predicted octanol–water partition coefficient (Wildman–Crippen LogP) is 4.04. The maximum Gasteiger partial charge on any atom is 0.330 e. The number of hydrogen-bond acceptors (Lipinski definition) is 27. The topological polar surface area (TPSA) is 548 Å². The molecule has 5 aromatic carbocycles. The van der Waals surface area contributed by atoms with E-state index in [1.54, 1.807) is 11.8 Å². The minimum absolute atomic E-state index is 0.0977. The molecule has 7 amide bonds. The van der Waals surface area contributed by atoms with Gasteiger partial charge in [-0.25, -0.2) is 4.79 Å². The molecule has 12 rings (SSSR count). The van der Waals surface area contributed by atoms with Crippen LogP contribution in [-0.4, -0.2) is 204 Å². The van der Waals surface area contributed by atoms with Crippen molar-refractivity contribution in [1.29, 1.82) is 0 Å². The second-order valence-corrected chi connectivity index (χ2v) is 32.3. The molecule has 7 heterocycles. The van der Waals surface area contributed by atoms with Crippen molar-refractivity contribution in [3.63, 3.8) is 0 Å². The van der Waals surface area contributed by atoms with Crippen LogP contribution in [0.5, 0.6) is 46.0 Å². The largest absolute Gasteiger partial charge is 0.507 e. The molecule has 0 spiro atoms. The Bertz CT molecular complexity index is 4420. The number of carbonyl (C=O) groups is 8. The number of phenols is 3. The van der Waals surface area contributed by atoms with Gasteiger partial charge in [0.1, 0.15) is 89.5 Å². The first-order valence-corrected chi connectivity index (χ1v) is 40.4. The summed E-state index contributed by atoms with van der Waals surface area (Å²) < 4.78 is 38.9. The number of aliphatic hydroxyl groups excluding tert-OH is 5. The molecule has 18 atom stereocenters. The van der Waals surface area contributed by atoms with Crippen LogP contribution >= 0.6 is 35.0 Å². The fourth-order valence-electron chi connectivity index (χ4n) is 14.6. The van der Waals surface area contributed by atoms with Gasteiger partial charge in [-0.2, -0.15) is 11.8 Å². The molecule has 116 heavy (non-hydrogen) atoms. The molecular weight excluding hydrogens is 1570 g/mol. The van der Waals surface area contributed by atoms with Crippen molar-refractivity contribution in [3.05, 3.63) is 116 Å². The second kappa shape index (κ2) is 39.6. The standard InChI is InChI=1S/C79H103Cl2N11O23S/c1-7-8-9-10-11-12-13-14-22-116-23-21-86-34-43-49(94)30-42-57(65(43)98)41-25-37(15-18-48(41)93)58-73(104)92-62(76(107)90-60(42)77(108)109)64(97)39-17-20-51(45(81)27-39)112-53-29-40-28-52(68(53)115-78-69(67(100)66(99)54(33-82)113-78)114-56-32-79(5,84)70(101)36(4)110-56)111-50-19-16-38(26-44(50)80)63(96)61(91-71(102)46(85-6)24-35(2)3)75(106)87-47(31-55(83)95)72(103)88-59(40)74(105)89-58/h15-20,25-30,35-36,46-47,54,56,58-64,66-67,69-70,78,85-86,93-94,96-101H,7-14,21-24,31-34,82,84H2,1-6H3,(H2,83,95)(H,87,106)(H,88,103)(H,89,105)(H,90,107)(H,91,102)(H,92,104)(H,108,109)/t36-,46+,47-,54+,56-,58+,59+,60-,61+,62-,63+,64+,66+,67-,69+,70+,78-,79-/m0/s1. The van der Waals surface area contributed by atoms with E-state index >= 15 is 19.2 Å². The lowest BCUT2D eigenvalue weighted by molar-refractivity contribution is -0.330. The molecule has 0 aliphatic carbocycles. The summed E-state index contributed by atoms with van der Waals surface area (Å²) in [7, 11) is 1.48. The van der Waals surface area contributed by atoms with Crippen LogP contribution in [0.4, 0.5) is 0 Å². The van der Waals surface area contributed by atoms with Crippen molar-refractivity contribution in [1.82, 2.24) is 42.5 Å². The Kier molecular flexibility index (Phi) is 30.5. The Labute approximate surface area is 683 Å². The van der Waals surface area contributed by atoms with E-state index in [1.165, 1.54) is 71.2 Å². The molecule has 7 aliphatic heterocycles. The lowest BCUT2D eigenvalue weighted by atomic mass is 9.86. The molecular formula is C79H103Cl2N11O23S. The molecule has 23 N–H and O–H groups in total. The number of aromatic hydroxyl groups is 3. The van der Waals surface area contributed by atoms with Gasteiger partial charge in [0.15, 0.2) is 29.9 Å². The number of halogens is 2. The zero-order chi connectivity index (χ0) is 84.3. The lowest BCUT2D eigenvalue weighted by Gasteiger charge is -2.47. The Morgan fingerprint density at radius 3 is 1.92 bits per heavy atom. The number of likely N-dealkylation sites (N-methyl/N-ethyl adjacent to an activating group) is 1. The number of carboxylic acid groups (broad SMARTS) is 1. The maximum absolute atomic E-state index is 16.3. The lowest BCUT2D eigenvalue weighted by Crippen LogP contribution is -2.65. The number of phenolic OH excluding ortho intramolecular Hbond substituents is 3. The third-order valence-electron chi connectivity index (χ3n) is 21.0. The first-order valence-electron chi connectivity index (χ1n) is 38.5. The van der Waals surface area contributed by atoms with Crippen LogP contribution in [0, 0.1) is 5.92 Å². The van der Waals surface area contributed by atoms with Crippen LogP contribution in [0.2, 0.25) is 10.0 Å². The predicted molar refractivity (Wildman–Crippen MR) is 423 cm³/mol. The van der Waals surface area contributed by atoms with E-state index in [1.807, 2.05) is 13.8 Å². The number of fused-ring (bicyclic) bond motifs is 15. The number of primary amides is 1. The Hall–Kier alpha value is -8.89. The number of ether oxygens (including phenoxy) is 6. The number of aliphatic hydroxyl groups is 5. The van der Waals surface area contributed by atoms with E-state index < -0.39 is 231 Å². The number of hydrogen-bond donors (Lipinski definition) is 20. The van der Waals surface area contributed by atoms with Gasteiger partial charge in [-0.1, -0.05) is 107 Å². The third kappa shape index (κ3) is 21.1. The minimum Gasteiger partial charge on any atom is -0.507 e. The van der Waals surface area contributed by atoms with Crippen LogP contribution < -0.4 is 73.9 Å². The van der Waals surface area contributed by atoms with Crippen LogP contribution in [0.3, 0.4) is 0 Å². The number of rotatable bonds is 27. The number of carbonyl (C=O) groups excluding carboxylic acids is 7. The normalized spacial score (nSPS) is 27.2. The second-order valence-electron chi connectivity index (χ2n) is 30.3. The zero-order valence-electron chi connectivity index (χ0n) is 64.8. The van der Waals surface area contributed by atoms with Gasteiger partial charge >= 0.3 is 5.97 Å². The van der Waals surface area contributed by atoms with Gasteiger partial charge in [0.25, 0.3) is 0 Å². The highest BCUT2D eigenvalue weighted by Crippen LogP contribution is 2.51. The van der Waals surface area contributed by atoms with E-state index in [4.69, 9.17) is 68.8 Å². The van der Waals surface area contributed by atoms with E-state index in [-0.39, 0.29) is 64.1 Å². The van der Waals surface area contributed by atoms with Gasteiger partial charge in [0.2, 0.25) is 53.4 Å². The highest BCUT2D eigenvalue weighted by molar-refractivity contribution is 7.99. The van der Waals surface area contributed by atoms with E-state index in [0.29, 0.717) is 12.3 Å². The molecule has 2 fully saturated rings. The molecule has 0 unspecified atom stereocenters. The van der Waals surface area contributed by atoms with Crippen molar-refractivity contribution >= 4 is 82.3 Å². The molecule has 7 aliphatic rings. The van der Waals surface area contributed by atoms with Crippen molar-refractivity contribution < 1.29 is 113 Å². The molecule has 0 aromatic heterocycles. The summed E-state index contributed by atoms with van der Waals surface area (Å²) in [5.41, 5.74) is 14.3. The highest BCUT2D eigenvalue weighted by atomic mass is 35.5. The number of benzene rings is 5. The van der Waals surface area contributed by atoms with E-state index in [0.717, 1.165) is 79.6 Å². The average Bonchev–Trinajstić information content (AvgIpc) is 0.757. The summed E-state index contributed by atoms with van der Waals surface area (Å²) >= 11 is 16.0. The summed E-state index contributed by atoms with van der Waals surface area (Å²) in [6.45, 7) is 8.52. The average molecular weight is 1680 g/mol. The highest BCUT2D eigenvalue weighted by Gasteiger charge is 2.52. The smallest absolute Gasteiger partial charge is 0.330 e. The molecule has 0 saturated carbocycles. The molecule has 2 saturated heterocycles. The quantitative estimate of drug-likeness (QED) is 0.0330. The first kappa shape index (κ1) is 89.5. The van der Waals surface area contributed by atoms with Crippen LogP contribution in [-0.2, 0) is 59.1 Å². The van der Waals surface area contributed by atoms with Crippen LogP contribution in [0.1, 0.15) is 169 Å². The van der Waals surface area contributed by atoms with Gasteiger partial charge in [-0.3, -0.25) is 33.6 Å². The third-order valence-corrected chi connectivity index (χ3v) is 22.6. The van der Waals surface area contributed by atoms with E-state index in [9.17, 15) is 65.1 Å². The van der Waals surface area contributed by atoms with Gasteiger partial charge in [-0.05, 0) is 122 Å². The van der Waals surface area contributed by atoms with Crippen molar-refractivity contribution in [2.45, 2.75) is 221 Å². The number of aliphatic carboxylic acids is 1. The fourth-order valence-corrected chi connectivity index (χ4v) is 15.9. The van der Waals surface area contributed by atoms with Crippen molar-refractivity contribution in [2.75, 3.05) is 31.6 Å².